The smallest absolute Gasteiger partial charge is 0.306 e. The van der Waals surface area contributed by atoms with Gasteiger partial charge in [0.1, 0.15) is 11.5 Å². The van der Waals surface area contributed by atoms with Crippen molar-refractivity contribution in [2.75, 3.05) is 47.3 Å². The zero-order chi connectivity index (χ0) is 24.5. The van der Waals surface area contributed by atoms with Crippen molar-refractivity contribution in [2.24, 2.45) is 0 Å². The Balaban J connectivity index is 1.60. The van der Waals surface area contributed by atoms with Crippen molar-refractivity contribution in [3.8, 4) is 28.7 Å². The summed E-state index contributed by atoms with van der Waals surface area (Å²) in [6.07, 6.45) is 1.55. The van der Waals surface area contributed by atoms with Gasteiger partial charge in [-0.15, -0.1) is 0 Å². The fourth-order valence-corrected chi connectivity index (χ4v) is 4.45. The van der Waals surface area contributed by atoms with E-state index in [2.05, 4.69) is 0 Å². The zero-order valence-electron chi connectivity index (χ0n) is 19.4. The highest BCUT2D eigenvalue weighted by Gasteiger charge is 2.36. The maximum atomic E-state index is 13.1. The Morgan fingerprint density at radius 1 is 1.17 bits per heavy atom. The van der Waals surface area contributed by atoms with Crippen LogP contribution < -0.4 is 18.9 Å². The van der Waals surface area contributed by atoms with Gasteiger partial charge in [0, 0.05) is 30.8 Å². The summed E-state index contributed by atoms with van der Waals surface area (Å²) in [5.41, 5.74) is 1.20. The number of allylic oxidation sites excluding steroid dienone is 1. The quantitative estimate of drug-likeness (QED) is 0.486. The topological polar surface area (TPSA) is 113 Å². The molecular formula is C25H25NO9. The number of methoxy groups -OCH3 is 2. The SMILES string of the molecule is COC(=O)C[C@@H](c1cc(OC)c2c(c1)OCO2)c1c(O)ccc2c1O/C(=C/N1CCOCC1)C2=O. The molecule has 2 aromatic rings. The van der Waals surface area contributed by atoms with Crippen molar-refractivity contribution in [3.05, 3.63) is 52.9 Å². The van der Waals surface area contributed by atoms with Crippen LogP contribution in [0.15, 0.2) is 36.2 Å². The summed E-state index contributed by atoms with van der Waals surface area (Å²) in [4.78, 5) is 27.5. The summed E-state index contributed by atoms with van der Waals surface area (Å²) in [6.45, 7) is 2.43. The molecule has 0 spiro atoms. The number of Topliss-reactive ketones (excluding diaryl/α,β-unsaturated/α-hetero) is 1. The predicted octanol–water partition coefficient (Wildman–Crippen LogP) is 2.57. The van der Waals surface area contributed by atoms with E-state index in [9.17, 15) is 14.7 Å². The predicted molar refractivity (Wildman–Crippen MR) is 121 cm³/mol. The molecular weight excluding hydrogens is 458 g/mol. The Labute approximate surface area is 201 Å². The Morgan fingerprint density at radius 3 is 2.71 bits per heavy atom. The minimum Gasteiger partial charge on any atom is -0.508 e. The van der Waals surface area contributed by atoms with Gasteiger partial charge in [-0.25, -0.2) is 0 Å². The van der Waals surface area contributed by atoms with Crippen LogP contribution in [-0.2, 0) is 14.3 Å². The van der Waals surface area contributed by atoms with Gasteiger partial charge in [0.2, 0.25) is 18.3 Å². The minimum absolute atomic E-state index is 0.0378. The molecule has 5 rings (SSSR count). The Kier molecular flexibility index (Phi) is 6.12. The number of aromatic hydroxyl groups is 1. The van der Waals surface area contributed by atoms with Crippen LogP contribution in [0, 0.1) is 0 Å². The molecule has 2 aromatic carbocycles. The van der Waals surface area contributed by atoms with Gasteiger partial charge < -0.3 is 38.4 Å². The molecule has 1 fully saturated rings. The largest absolute Gasteiger partial charge is 0.508 e. The first kappa shape index (κ1) is 22.9. The molecule has 0 radical (unpaired) electrons. The molecule has 0 aromatic heterocycles. The summed E-state index contributed by atoms with van der Waals surface area (Å²) < 4.78 is 32.8. The average molecular weight is 483 g/mol. The van der Waals surface area contributed by atoms with E-state index < -0.39 is 11.9 Å². The number of morpholine rings is 1. The molecule has 184 valence electrons. The van der Waals surface area contributed by atoms with E-state index in [0.717, 1.165) is 0 Å². The van der Waals surface area contributed by atoms with E-state index in [1.165, 1.54) is 26.4 Å². The summed E-state index contributed by atoms with van der Waals surface area (Å²) in [5, 5.41) is 10.9. The van der Waals surface area contributed by atoms with E-state index in [4.69, 9.17) is 28.4 Å². The molecule has 1 saturated heterocycles. The monoisotopic (exact) mass is 483 g/mol. The number of benzene rings is 2. The number of rotatable bonds is 6. The number of esters is 1. The lowest BCUT2D eigenvalue weighted by atomic mass is 9.85. The molecule has 0 aliphatic carbocycles. The second kappa shape index (κ2) is 9.38. The minimum atomic E-state index is -0.726. The first-order chi connectivity index (χ1) is 17.0. The van der Waals surface area contributed by atoms with Crippen LogP contribution in [0.5, 0.6) is 28.7 Å². The van der Waals surface area contributed by atoms with E-state index in [1.807, 2.05) is 4.90 Å². The van der Waals surface area contributed by atoms with Gasteiger partial charge >= 0.3 is 5.97 Å². The lowest BCUT2D eigenvalue weighted by Gasteiger charge is -2.25. The molecule has 3 heterocycles. The van der Waals surface area contributed by atoms with Gasteiger partial charge in [-0.1, -0.05) is 0 Å². The van der Waals surface area contributed by atoms with Gasteiger partial charge in [0.05, 0.1) is 39.4 Å². The Hall–Kier alpha value is -3.92. The molecule has 1 N–H and O–H groups in total. The molecule has 1 atom stereocenters. The molecule has 0 bridgehead atoms. The van der Waals surface area contributed by atoms with Crippen molar-refractivity contribution in [1.82, 2.24) is 4.90 Å². The number of nitrogens with zero attached hydrogens (tertiary/aromatic N) is 1. The Bertz CT molecular complexity index is 1200. The van der Waals surface area contributed by atoms with Crippen LogP contribution >= 0.6 is 0 Å². The lowest BCUT2D eigenvalue weighted by Crippen LogP contribution is -2.32. The lowest BCUT2D eigenvalue weighted by molar-refractivity contribution is -0.140. The van der Waals surface area contributed by atoms with Gasteiger partial charge in [-0.3, -0.25) is 9.59 Å². The number of carbonyl (C=O) groups excluding carboxylic acids is 2. The van der Waals surface area contributed by atoms with Crippen LogP contribution in [0.25, 0.3) is 0 Å². The third-order valence-electron chi connectivity index (χ3n) is 6.23. The van der Waals surface area contributed by atoms with E-state index in [0.29, 0.717) is 60.2 Å². The number of hydrogen-bond donors (Lipinski definition) is 1. The molecule has 3 aliphatic heterocycles. The number of hydrogen-bond acceptors (Lipinski definition) is 10. The fourth-order valence-electron chi connectivity index (χ4n) is 4.45. The first-order valence-electron chi connectivity index (χ1n) is 11.2. The van der Waals surface area contributed by atoms with Crippen molar-refractivity contribution >= 4 is 11.8 Å². The van der Waals surface area contributed by atoms with Crippen LogP contribution in [0.3, 0.4) is 0 Å². The molecule has 0 saturated carbocycles. The van der Waals surface area contributed by atoms with Crippen molar-refractivity contribution in [3.63, 3.8) is 0 Å². The molecule has 0 amide bonds. The standard InChI is InChI=1S/C25H25NO9/c1-30-18-9-14(10-19-25(18)34-13-33-19)16(11-21(28)31-2)22-17(27)4-3-15-23(29)20(35-24(15)22)12-26-5-7-32-8-6-26/h3-4,9-10,12,16,27H,5-8,11,13H2,1-2H3/b20-12+/t16-/m0/s1. The van der Waals surface area contributed by atoms with Gasteiger partial charge in [0.25, 0.3) is 0 Å². The number of ether oxygens (including phenoxy) is 6. The summed E-state index contributed by atoms with van der Waals surface area (Å²) in [6, 6.07) is 6.38. The number of phenolic OH excluding ortho intramolecular Hbond substituents is 1. The number of fused-ring (bicyclic) bond motifs is 2. The van der Waals surface area contributed by atoms with E-state index in [1.54, 1.807) is 18.3 Å². The third-order valence-corrected chi connectivity index (χ3v) is 6.23. The summed E-state index contributed by atoms with van der Waals surface area (Å²) in [7, 11) is 2.79. The molecule has 3 aliphatic rings. The molecule has 10 heteroatoms. The van der Waals surface area contributed by atoms with Gasteiger partial charge in [-0.2, -0.15) is 0 Å². The summed E-state index contributed by atoms with van der Waals surface area (Å²) >= 11 is 0. The number of ketones is 1. The zero-order valence-corrected chi connectivity index (χ0v) is 19.4. The highest BCUT2D eigenvalue weighted by atomic mass is 16.7. The average Bonchev–Trinajstić information content (AvgIpc) is 3.47. The van der Waals surface area contributed by atoms with Gasteiger partial charge in [-0.05, 0) is 29.8 Å². The third kappa shape index (κ3) is 4.21. The van der Waals surface area contributed by atoms with E-state index >= 15 is 0 Å². The van der Waals surface area contributed by atoms with Crippen molar-refractivity contribution in [2.45, 2.75) is 12.3 Å². The maximum Gasteiger partial charge on any atom is 0.306 e. The molecule has 0 unspecified atom stereocenters. The second-order valence-corrected chi connectivity index (χ2v) is 8.24. The van der Waals surface area contributed by atoms with Crippen LogP contribution in [0.1, 0.15) is 33.8 Å². The Morgan fingerprint density at radius 2 is 1.97 bits per heavy atom. The normalized spacial score (nSPS) is 18.3. The van der Waals surface area contributed by atoms with Crippen molar-refractivity contribution < 1.29 is 43.1 Å². The van der Waals surface area contributed by atoms with Crippen LogP contribution in [-0.4, -0.2) is 69.1 Å². The highest BCUT2D eigenvalue weighted by molar-refractivity contribution is 6.12. The van der Waals surface area contributed by atoms with E-state index in [-0.39, 0.29) is 36.3 Å². The summed E-state index contributed by atoms with van der Waals surface area (Å²) in [5.74, 6) is 0.0375. The fraction of sp³-hybridized carbons (Fsp3) is 0.360. The highest BCUT2D eigenvalue weighted by Crippen LogP contribution is 2.50. The van der Waals surface area contributed by atoms with Gasteiger partial charge in [0.15, 0.2) is 17.3 Å². The first-order valence-corrected chi connectivity index (χ1v) is 11.2. The maximum absolute atomic E-state index is 13.1. The number of phenols is 1. The molecule has 35 heavy (non-hydrogen) atoms. The van der Waals surface area contributed by atoms with Crippen LogP contribution in [0.4, 0.5) is 0 Å². The number of carbonyl (C=O) groups is 2. The second-order valence-electron chi connectivity index (χ2n) is 8.24. The molecule has 10 nitrogen and oxygen atoms in total. The van der Waals surface area contributed by atoms with Crippen molar-refractivity contribution in [1.29, 1.82) is 0 Å². The van der Waals surface area contributed by atoms with Crippen LogP contribution in [0.2, 0.25) is 0 Å².